The molecule has 0 unspecified atom stereocenters. The Kier molecular flexibility index (Phi) is 5.23. The van der Waals surface area contributed by atoms with Crippen molar-refractivity contribution in [2.75, 3.05) is 6.26 Å². The monoisotopic (exact) mass is 336 g/mol. The van der Waals surface area contributed by atoms with E-state index in [0.717, 1.165) is 10.5 Å². The molecule has 0 radical (unpaired) electrons. The number of sulfonamides is 1. The zero-order valence-electron chi connectivity index (χ0n) is 11.9. The fourth-order valence-corrected chi connectivity index (χ4v) is 2.75. The molecule has 5 nitrogen and oxygen atoms in total. The van der Waals surface area contributed by atoms with Gasteiger partial charge in [0.1, 0.15) is 0 Å². The van der Waals surface area contributed by atoms with Crippen molar-refractivity contribution < 1.29 is 13.2 Å². The van der Waals surface area contributed by atoms with Gasteiger partial charge < -0.3 is 5.32 Å². The molecule has 7 heteroatoms. The molecule has 22 heavy (non-hydrogen) atoms. The predicted octanol–water partition coefficient (Wildman–Crippen LogP) is 1.99. The lowest BCUT2D eigenvalue weighted by molar-refractivity contribution is 0.0951. The zero-order chi connectivity index (χ0) is 16.2. The first kappa shape index (κ1) is 16.5. The highest BCUT2D eigenvalue weighted by Gasteiger charge is 2.08. The van der Waals surface area contributed by atoms with Gasteiger partial charge in [-0.15, -0.1) is 11.8 Å². The number of primary sulfonamides is 1. The third-order valence-corrected chi connectivity index (χ3v) is 4.73. The first-order valence-corrected chi connectivity index (χ1v) is 9.21. The second-order valence-electron chi connectivity index (χ2n) is 4.60. The summed E-state index contributed by atoms with van der Waals surface area (Å²) in [4.78, 5) is 13.2. The third-order valence-electron chi connectivity index (χ3n) is 3.06. The van der Waals surface area contributed by atoms with Crippen molar-refractivity contribution in [3.8, 4) is 0 Å². The first-order chi connectivity index (χ1) is 10.4. The maximum atomic E-state index is 12.0. The average Bonchev–Trinajstić information content (AvgIpc) is 2.52. The summed E-state index contributed by atoms with van der Waals surface area (Å²) in [6, 6.07) is 13.4. The average molecular weight is 336 g/mol. The molecule has 0 spiro atoms. The number of benzene rings is 2. The second kappa shape index (κ2) is 6.95. The smallest absolute Gasteiger partial charge is 0.251 e. The van der Waals surface area contributed by atoms with E-state index in [2.05, 4.69) is 5.32 Å². The van der Waals surface area contributed by atoms with Crippen LogP contribution in [0.1, 0.15) is 15.9 Å². The summed E-state index contributed by atoms with van der Waals surface area (Å²) >= 11 is 1.61. The minimum atomic E-state index is -3.69. The summed E-state index contributed by atoms with van der Waals surface area (Å²) in [6.07, 6.45) is 1.97. The maximum absolute atomic E-state index is 12.0. The fraction of sp³-hybridized carbons (Fsp3) is 0.133. The highest BCUT2D eigenvalue weighted by Crippen LogP contribution is 2.15. The van der Waals surface area contributed by atoms with Gasteiger partial charge in [0.15, 0.2) is 0 Å². The lowest BCUT2D eigenvalue weighted by atomic mass is 10.2. The molecular formula is C15H16N2O3S2. The van der Waals surface area contributed by atoms with E-state index in [4.69, 9.17) is 5.14 Å². The van der Waals surface area contributed by atoms with Gasteiger partial charge in [0.25, 0.3) is 5.91 Å². The van der Waals surface area contributed by atoms with E-state index in [0.29, 0.717) is 12.1 Å². The molecule has 0 saturated heterocycles. The van der Waals surface area contributed by atoms with Gasteiger partial charge in [-0.1, -0.05) is 12.1 Å². The van der Waals surface area contributed by atoms with Gasteiger partial charge in [0.05, 0.1) is 4.90 Å². The van der Waals surface area contributed by atoms with E-state index in [9.17, 15) is 13.2 Å². The molecule has 1 amide bonds. The van der Waals surface area contributed by atoms with E-state index in [1.165, 1.54) is 12.1 Å². The molecule has 116 valence electrons. The van der Waals surface area contributed by atoms with Crippen molar-refractivity contribution in [3.05, 3.63) is 59.7 Å². The van der Waals surface area contributed by atoms with E-state index in [1.54, 1.807) is 36.0 Å². The van der Waals surface area contributed by atoms with Crippen molar-refractivity contribution in [1.82, 2.24) is 5.32 Å². The number of thioether (sulfide) groups is 1. The summed E-state index contributed by atoms with van der Waals surface area (Å²) in [7, 11) is -3.69. The molecular weight excluding hydrogens is 320 g/mol. The van der Waals surface area contributed by atoms with Crippen LogP contribution in [0.3, 0.4) is 0 Å². The van der Waals surface area contributed by atoms with Crippen LogP contribution < -0.4 is 10.5 Å². The standard InChI is InChI=1S/C15H16N2O3S2/c1-21-13-6-4-12(5-7-13)15(18)17-10-11-2-8-14(9-3-11)22(16,19)20/h2-9H,10H2,1H3,(H,17,18)(H2,16,19,20). The van der Waals surface area contributed by atoms with E-state index in [1.807, 2.05) is 18.4 Å². The molecule has 3 N–H and O–H groups in total. The predicted molar refractivity (Wildman–Crippen MR) is 87.2 cm³/mol. The van der Waals surface area contributed by atoms with Crippen LogP contribution in [-0.2, 0) is 16.6 Å². The SMILES string of the molecule is CSc1ccc(C(=O)NCc2ccc(S(N)(=O)=O)cc2)cc1. The van der Waals surface area contributed by atoms with Crippen molar-refractivity contribution in [2.45, 2.75) is 16.3 Å². The zero-order valence-corrected chi connectivity index (χ0v) is 13.6. The molecule has 0 heterocycles. The Labute approximate surface area is 134 Å². The molecule has 0 aliphatic heterocycles. The Morgan fingerprint density at radius 1 is 1.09 bits per heavy atom. The normalized spacial score (nSPS) is 11.2. The largest absolute Gasteiger partial charge is 0.348 e. The molecule has 0 saturated carbocycles. The van der Waals surface area contributed by atoms with Crippen LogP contribution in [0.4, 0.5) is 0 Å². The van der Waals surface area contributed by atoms with Crippen molar-refractivity contribution in [2.24, 2.45) is 5.14 Å². The highest BCUT2D eigenvalue weighted by molar-refractivity contribution is 7.98. The van der Waals surface area contributed by atoms with Gasteiger partial charge in [0.2, 0.25) is 10.0 Å². The van der Waals surface area contributed by atoms with Gasteiger partial charge in [-0.2, -0.15) is 0 Å². The number of hydrogen-bond donors (Lipinski definition) is 2. The Morgan fingerprint density at radius 2 is 1.68 bits per heavy atom. The quantitative estimate of drug-likeness (QED) is 0.817. The summed E-state index contributed by atoms with van der Waals surface area (Å²) in [5.41, 5.74) is 1.38. The minimum Gasteiger partial charge on any atom is -0.348 e. The van der Waals surface area contributed by atoms with E-state index >= 15 is 0 Å². The molecule has 0 atom stereocenters. The number of carbonyl (C=O) groups is 1. The molecule has 2 rings (SSSR count). The molecule has 0 bridgehead atoms. The first-order valence-electron chi connectivity index (χ1n) is 6.44. The van der Waals surface area contributed by atoms with Crippen molar-refractivity contribution in [1.29, 1.82) is 0 Å². The van der Waals surface area contributed by atoms with Crippen LogP contribution in [-0.4, -0.2) is 20.6 Å². The van der Waals surface area contributed by atoms with E-state index in [-0.39, 0.29) is 10.8 Å². The molecule has 2 aromatic carbocycles. The number of hydrogen-bond acceptors (Lipinski definition) is 4. The molecule has 0 aliphatic rings. The second-order valence-corrected chi connectivity index (χ2v) is 7.04. The van der Waals surface area contributed by atoms with Gasteiger partial charge >= 0.3 is 0 Å². The molecule has 0 aromatic heterocycles. The summed E-state index contributed by atoms with van der Waals surface area (Å²) in [6.45, 7) is 0.314. The van der Waals surface area contributed by atoms with Crippen molar-refractivity contribution >= 4 is 27.7 Å². The Hall–Kier alpha value is -1.83. The number of carbonyl (C=O) groups excluding carboxylic acids is 1. The molecule has 2 aromatic rings. The van der Waals surface area contributed by atoms with Crippen molar-refractivity contribution in [3.63, 3.8) is 0 Å². The molecule has 0 fully saturated rings. The van der Waals surface area contributed by atoms with E-state index < -0.39 is 10.0 Å². The third kappa shape index (κ3) is 4.33. The lowest BCUT2D eigenvalue weighted by Gasteiger charge is -2.07. The van der Waals surface area contributed by atoms with Gasteiger partial charge in [-0.05, 0) is 48.2 Å². The lowest BCUT2D eigenvalue weighted by Crippen LogP contribution is -2.22. The summed E-state index contributed by atoms with van der Waals surface area (Å²) < 4.78 is 22.3. The van der Waals surface area contributed by atoms with Crippen LogP contribution in [0.5, 0.6) is 0 Å². The maximum Gasteiger partial charge on any atom is 0.251 e. The highest BCUT2D eigenvalue weighted by atomic mass is 32.2. The number of nitrogens with two attached hydrogens (primary N) is 1. The topological polar surface area (TPSA) is 89.3 Å². The summed E-state index contributed by atoms with van der Waals surface area (Å²) in [5.74, 6) is -0.178. The number of amides is 1. The summed E-state index contributed by atoms with van der Waals surface area (Å²) in [5, 5.41) is 7.81. The Balaban J connectivity index is 1.98. The Morgan fingerprint density at radius 3 is 2.18 bits per heavy atom. The fourth-order valence-electron chi connectivity index (χ4n) is 1.82. The molecule has 0 aliphatic carbocycles. The van der Waals surface area contributed by atoms with Gasteiger partial charge in [-0.3, -0.25) is 4.79 Å². The van der Waals surface area contributed by atoms with Crippen LogP contribution in [0, 0.1) is 0 Å². The minimum absolute atomic E-state index is 0.0511. The van der Waals surface area contributed by atoms with Crippen LogP contribution in [0.25, 0.3) is 0 Å². The van der Waals surface area contributed by atoms with Crippen LogP contribution in [0.15, 0.2) is 58.3 Å². The van der Waals surface area contributed by atoms with Crippen LogP contribution >= 0.6 is 11.8 Å². The number of rotatable bonds is 5. The van der Waals surface area contributed by atoms with Gasteiger partial charge in [0, 0.05) is 17.0 Å². The number of nitrogens with one attached hydrogen (secondary N) is 1. The van der Waals surface area contributed by atoms with Gasteiger partial charge in [-0.25, -0.2) is 13.6 Å². The van der Waals surface area contributed by atoms with Crippen LogP contribution in [0.2, 0.25) is 0 Å². The Bertz CT molecular complexity index is 754.